The van der Waals surface area contributed by atoms with Gasteiger partial charge in [0.1, 0.15) is 0 Å². The second-order valence-corrected chi connectivity index (χ2v) is 3.37. The second kappa shape index (κ2) is 5.12. The van der Waals surface area contributed by atoms with Gasteiger partial charge in [-0.2, -0.15) is 0 Å². The lowest BCUT2D eigenvalue weighted by atomic mass is 10.2. The third kappa shape index (κ3) is 2.56. The number of halogens is 1. The molecular weight excluding hydrogens is 202 g/mol. The van der Waals surface area contributed by atoms with Crippen molar-refractivity contribution in [3.8, 4) is 0 Å². The average molecular weight is 216 g/mol. The van der Waals surface area contributed by atoms with Crippen LogP contribution in [0.2, 0.25) is 5.15 Å². The van der Waals surface area contributed by atoms with Crippen LogP contribution in [0.15, 0.2) is 0 Å². The van der Waals surface area contributed by atoms with Crippen molar-refractivity contribution in [1.29, 1.82) is 0 Å². The molecule has 1 heterocycles. The van der Waals surface area contributed by atoms with Crippen LogP contribution in [-0.4, -0.2) is 30.5 Å². The summed E-state index contributed by atoms with van der Waals surface area (Å²) in [5, 5.41) is 11.4. The molecule has 0 unspecified atom stereocenters. The maximum Gasteiger partial charge on any atom is 0.155 e. The molecule has 0 aromatic carbocycles. The summed E-state index contributed by atoms with van der Waals surface area (Å²) >= 11 is 5.82. The van der Waals surface area contributed by atoms with Gasteiger partial charge in [0.25, 0.3) is 0 Å². The molecule has 0 bridgehead atoms. The van der Waals surface area contributed by atoms with E-state index in [1.165, 1.54) is 0 Å². The van der Waals surface area contributed by atoms with Gasteiger partial charge in [-0.05, 0) is 25.0 Å². The molecule has 0 saturated carbocycles. The van der Waals surface area contributed by atoms with E-state index in [0.29, 0.717) is 18.3 Å². The molecule has 1 aromatic heterocycles. The molecule has 1 aromatic rings. The van der Waals surface area contributed by atoms with Crippen molar-refractivity contribution >= 4 is 17.4 Å². The number of nitrogens with one attached hydrogen (secondary N) is 1. The monoisotopic (exact) mass is 215 g/mol. The smallest absolute Gasteiger partial charge is 0.155 e. The molecule has 1 rings (SSSR count). The Morgan fingerprint density at radius 1 is 1.29 bits per heavy atom. The topological polar surface area (TPSA) is 47.0 Å². The van der Waals surface area contributed by atoms with E-state index in [4.69, 9.17) is 16.3 Å². The fraction of sp³-hybridized carbons (Fsp3) is 0.556. The number of methoxy groups -OCH3 is 1. The van der Waals surface area contributed by atoms with Crippen molar-refractivity contribution in [1.82, 2.24) is 10.2 Å². The van der Waals surface area contributed by atoms with E-state index in [2.05, 4.69) is 15.5 Å². The van der Waals surface area contributed by atoms with Gasteiger partial charge in [0.2, 0.25) is 0 Å². The number of rotatable bonds is 4. The van der Waals surface area contributed by atoms with Gasteiger partial charge in [0.15, 0.2) is 11.0 Å². The zero-order chi connectivity index (χ0) is 10.6. The molecule has 0 atom stereocenters. The van der Waals surface area contributed by atoms with Crippen molar-refractivity contribution < 1.29 is 4.74 Å². The van der Waals surface area contributed by atoms with Crippen LogP contribution in [0.25, 0.3) is 0 Å². The second-order valence-electron chi connectivity index (χ2n) is 3.01. The maximum absolute atomic E-state index is 5.82. The van der Waals surface area contributed by atoms with Gasteiger partial charge in [-0.15, -0.1) is 10.2 Å². The van der Waals surface area contributed by atoms with E-state index in [9.17, 15) is 0 Å². The minimum Gasteiger partial charge on any atom is -0.383 e. The molecule has 14 heavy (non-hydrogen) atoms. The Bertz CT molecular complexity index is 317. The summed E-state index contributed by atoms with van der Waals surface area (Å²) in [6, 6.07) is 0. The fourth-order valence-corrected chi connectivity index (χ4v) is 1.20. The predicted molar refractivity (Wildman–Crippen MR) is 56.9 cm³/mol. The summed E-state index contributed by atoms with van der Waals surface area (Å²) in [7, 11) is 1.66. The first-order chi connectivity index (χ1) is 6.66. The van der Waals surface area contributed by atoms with Crippen molar-refractivity contribution in [2.45, 2.75) is 13.8 Å². The zero-order valence-electron chi connectivity index (χ0n) is 8.59. The number of aromatic nitrogens is 2. The quantitative estimate of drug-likeness (QED) is 0.779. The van der Waals surface area contributed by atoms with E-state index in [0.717, 1.165) is 16.9 Å². The van der Waals surface area contributed by atoms with Crippen molar-refractivity contribution in [3.05, 3.63) is 16.3 Å². The normalized spacial score (nSPS) is 10.3. The first-order valence-corrected chi connectivity index (χ1v) is 4.76. The Morgan fingerprint density at radius 3 is 2.64 bits per heavy atom. The van der Waals surface area contributed by atoms with E-state index in [1.807, 2.05) is 13.8 Å². The predicted octanol–water partition coefficient (Wildman–Crippen LogP) is 1.81. The molecule has 0 aliphatic rings. The lowest BCUT2D eigenvalue weighted by Crippen LogP contribution is -2.11. The van der Waals surface area contributed by atoms with Gasteiger partial charge in [0.05, 0.1) is 6.61 Å². The van der Waals surface area contributed by atoms with Gasteiger partial charge in [-0.1, -0.05) is 11.6 Å². The Kier molecular flexibility index (Phi) is 4.10. The number of hydrogen-bond acceptors (Lipinski definition) is 4. The lowest BCUT2D eigenvalue weighted by molar-refractivity contribution is 0.210. The third-order valence-electron chi connectivity index (χ3n) is 2.06. The summed E-state index contributed by atoms with van der Waals surface area (Å²) in [6.45, 7) is 5.24. The minimum absolute atomic E-state index is 0.458. The van der Waals surface area contributed by atoms with Crippen LogP contribution in [0.1, 0.15) is 11.1 Å². The van der Waals surface area contributed by atoms with Crippen LogP contribution in [-0.2, 0) is 4.74 Å². The molecule has 0 radical (unpaired) electrons. The first-order valence-electron chi connectivity index (χ1n) is 4.39. The molecule has 1 N–H and O–H groups in total. The molecule has 4 nitrogen and oxygen atoms in total. The first kappa shape index (κ1) is 11.2. The van der Waals surface area contributed by atoms with Crippen molar-refractivity contribution in [3.63, 3.8) is 0 Å². The number of ether oxygens (including phenoxy) is 1. The standard InChI is InChI=1S/C9H14ClN3O/c1-6-7(2)9(11-4-5-14-3)13-12-8(6)10/h4-5H2,1-3H3,(H,11,13). The molecule has 0 amide bonds. The minimum atomic E-state index is 0.458. The van der Waals surface area contributed by atoms with Crippen molar-refractivity contribution in [2.75, 3.05) is 25.6 Å². The summed E-state index contributed by atoms with van der Waals surface area (Å²) in [5.74, 6) is 0.768. The molecule has 0 saturated heterocycles. The summed E-state index contributed by atoms with van der Waals surface area (Å²) < 4.78 is 4.92. The van der Waals surface area contributed by atoms with Crippen LogP contribution in [0.4, 0.5) is 5.82 Å². The van der Waals surface area contributed by atoms with Gasteiger partial charge < -0.3 is 10.1 Å². The van der Waals surface area contributed by atoms with Crippen LogP contribution < -0.4 is 5.32 Å². The summed E-state index contributed by atoms with van der Waals surface area (Å²) in [4.78, 5) is 0. The number of anilines is 1. The molecule has 5 heteroatoms. The Hall–Kier alpha value is -0.870. The van der Waals surface area contributed by atoms with Gasteiger partial charge in [0, 0.05) is 13.7 Å². The Morgan fingerprint density at radius 2 is 2.00 bits per heavy atom. The van der Waals surface area contributed by atoms with Gasteiger partial charge in [-0.25, -0.2) is 0 Å². The summed E-state index contributed by atoms with van der Waals surface area (Å²) in [6.07, 6.45) is 0. The van der Waals surface area contributed by atoms with Crippen LogP contribution >= 0.6 is 11.6 Å². The molecule has 0 aliphatic heterocycles. The lowest BCUT2D eigenvalue weighted by Gasteiger charge is -2.09. The number of nitrogens with zero attached hydrogens (tertiary/aromatic N) is 2. The van der Waals surface area contributed by atoms with Gasteiger partial charge >= 0.3 is 0 Å². The highest BCUT2D eigenvalue weighted by Gasteiger charge is 2.06. The average Bonchev–Trinajstić information content (AvgIpc) is 2.18. The fourth-order valence-electron chi connectivity index (χ4n) is 1.02. The van der Waals surface area contributed by atoms with Gasteiger partial charge in [-0.3, -0.25) is 0 Å². The third-order valence-corrected chi connectivity index (χ3v) is 2.42. The van der Waals surface area contributed by atoms with E-state index >= 15 is 0 Å². The van der Waals surface area contributed by atoms with Crippen molar-refractivity contribution in [2.24, 2.45) is 0 Å². The largest absolute Gasteiger partial charge is 0.383 e. The van der Waals surface area contributed by atoms with Crippen LogP contribution in [0.5, 0.6) is 0 Å². The highest BCUT2D eigenvalue weighted by atomic mass is 35.5. The van der Waals surface area contributed by atoms with E-state index < -0.39 is 0 Å². The highest BCUT2D eigenvalue weighted by molar-refractivity contribution is 6.30. The number of hydrogen-bond donors (Lipinski definition) is 1. The van der Waals surface area contributed by atoms with Crippen LogP contribution in [0, 0.1) is 13.8 Å². The Balaban J connectivity index is 2.73. The summed E-state index contributed by atoms with van der Waals surface area (Å²) in [5.41, 5.74) is 1.99. The molecule has 0 spiro atoms. The molecule has 0 fully saturated rings. The van der Waals surface area contributed by atoms with Crippen LogP contribution in [0.3, 0.4) is 0 Å². The SMILES string of the molecule is COCCNc1nnc(Cl)c(C)c1C. The highest BCUT2D eigenvalue weighted by Crippen LogP contribution is 2.19. The zero-order valence-corrected chi connectivity index (χ0v) is 9.35. The molecular formula is C9H14ClN3O. The maximum atomic E-state index is 5.82. The molecule has 78 valence electrons. The molecule has 0 aliphatic carbocycles. The Labute approximate surface area is 88.6 Å². The van der Waals surface area contributed by atoms with E-state index in [1.54, 1.807) is 7.11 Å². The van der Waals surface area contributed by atoms with E-state index in [-0.39, 0.29) is 0 Å².